The number of benzene rings is 1. The van der Waals surface area contributed by atoms with Crippen molar-refractivity contribution in [2.75, 3.05) is 27.3 Å². The smallest absolute Gasteiger partial charge is 0.255 e. The lowest BCUT2D eigenvalue weighted by atomic mass is 9.77. The first-order valence-electron chi connectivity index (χ1n) is 7.72. The van der Waals surface area contributed by atoms with Crippen LogP contribution < -0.4 is 20.1 Å². The van der Waals surface area contributed by atoms with Gasteiger partial charge < -0.3 is 20.1 Å². The minimum Gasteiger partial charge on any atom is -0.493 e. The molecule has 1 fully saturated rings. The fourth-order valence-electron chi connectivity index (χ4n) is 2.98. The Labute approximate surface area is 144 Å². The van der Waals surface area contributed by atoms with Crippen molar-refractivity contribution in [3.8, 4) is 11.5 Å². The van der Waals surface area contributed by atoms with Gasteiger partial charge in [-0.3, -0.25) is 4.79 Å². The Kier molecular flexibility index (Phi) is 7.16. The minimum atomic E-state index is -0.140. The number of hydrogen-bond donors (Lipinski definition) is 2. The Morgan fingerprint density at radius 1 is 1.35 bits per heavy atom. The number of para-hydroxylation sites is 1. The molecule has 1 aliphatic rings. The second kappa shape index (κ2) is 8.41. The molecule has 1 atom stereocenters. The van der Waals surface area contributed by atoms with Crippen LogP contribution in [0.15, 0.2) is 18.2 Å². The lowest BCUT2D eigenvalue weighted by Crippen LogP contribution is -2.52. The number of halogens is 1. The summed E-state index contributed by atoms with van der Waals surface area (Å²) >= 11 is 0. The van der Waals surface area contributed by atoms with Crippen LogP contribution in [0, 0.1) is 5.41 Å². The fourth-order valence-corrected chi connectivity index (χ4v) is 2.98. The maximum Gasteiger partial charge on any atom is 0.255 e. The Hall–Kier alpha value is -1.46. The second-order valence-corrected chi connectivity index (χ2v) is 6.35. The van der Waals surface area contributed by atoms with Gasteiger partial charge in [-0.15, -0.1) is 12.4 Å². The van der Waals surface area contributed by atoms with E-state index in [2.05, 4.69) is 24.5 Å². The first-order valence-corrected chi connectivity index (χ1v) is 7.72. The van der Waals surface area contributed by atoms with E-state index in [4.69, 9.17) is 9.47 Å². The van der Waals surface area contributed by atoms with Gasteiger partial charge in [0.2, 0.25) is 0 Å². The minimum absolute atomic E-state index is 0. The highest BCUT2D eigenvalue weighted by Gasteiger charge is 2.32. The molecule has 23 heavy (non-hydrogen) atoms. The average molecular weight is 343 g/mol. The average Bonchev–Trinajstić information content (AvgIpc) is 2.52. The number of carbonyl (C=O) groups is 1. The summed E-state index contributed by atoms with van der Waals surface area (Å²) in [7, 11) is 3.11. The maximum atomic E-state index is 12.5. The van der Waals surface area contributed by atoms with Crippen LogP contribution in [0.2, 0.25) is 0 Å². The molecule has 130 valence electrons. The molecule has 1 saturated heterocycles. The topological polar surface area (TPSA) is 59.6 Å². The van der Waals surface area contributed by atoms with Crippen molar-refractivity contribution in [1.82, 2.24) is 10.6 Å². The molecule has 2 rings (SSSR count). The number of methoxy groups -OCH3 is 2. The number of amides is 1. The van der Waals surface area contributed by atoms with Gasteiger partial charge in [-0.2, -0.15) is 0 Å². The van der Waals surface area contributed by atoms with Gasteiger partial charge >= 0.3 is 0 Å². The van der Waals surface area contributed by atoms with Crippen LogP contribution in [0.1, 0.15) is 37.0 Å². The van der Waals surface area contributed by atoms with Gasteiger partial charge in [-0.1, -0.05) is 19.9 Å². The predicted molar refractivity (Wildman–Crippen MR) is 93.9 cm³/mol. The van der Waals surface area contributed by atoms with Gasteiger partial charge in [0.25, 0.3) is 5.91 Å². The summed E-state index contributed by atoms with van der Waals surface area (Å²) in [6.07, 6.45) is 2.35. The van der Waals surface area contributed by atoms with Crippen LogP contribution in [-0.4, -0.2) is 39.3 Å². The van der Waals surface area contributed by atoms with Crippen molar-refractivity contribution in [2.45, 2.75) is 32.7 Å². The molecule has 5 nitrogen and oxygen atoms in total. The van der Waals surface area contributed by atoms with E-state index in [1.54, 1.807) is 32.4 Å². The van der Waals surface area contributed by atoms with Crippen molar-refractivity contribution in [2.24, 2.45) is 5.41 Å². The summed E-state index contributed by atoms with van der Waals surface area (Å²) in [4.78, 5) is 12.5. The Morgan fingerprint density at radius 3 is 2.70 bits per heavy atom. The van der Waals surface area contributed by atoms with Crippen molar-refractivity contribution < 1.29 is 14.3 Å². The molecule has 1 amide bonds. The lowest BCUT2D eigenvalue weighted by molar-refractivity contribution is 0.0925. The Balaban J connectivity index is 0.00000264. The Morgan fingerprint density at radius 2 is 2.09 bits per heavy atom. The number of carbonyl (C=O) groups excluding carboxylic acids is 1. The molecular weight excluding hydrogens is 316 g/mol. The largest absolute Gasteiger partial charge is 0.493 e. The van der Waals surface area contributed by atoms with Crippen molar-refractivity contribution in [3.63, 3.8) is 0 Å². The van der Waals surface area contributed by atoms with Gasteiger partial charge in [-0.05, 0) is 36.9 Å². The third-order valence-electron chi connectivity index (χ3n) is 4.45. The SMILES string of the molecule is COc1cccc(C(=O)NCC2NCCCC2(C)C)c1OC.Cl. The van der Waals surface area contributed by atoms with Crippen LogP contribution >= 0.6 is 12.4 Å². The molecule has 1 aliphatic heterocycles. The summed E-state index contributed by atoms with van der Waals surface area (Å²) in [6, 6.07) is 5.60. The molecule has 0 aromatic heterocycles. The van der Waals surface area contributed by atoms with Crippen molar-refractivity contribution in [3.05, 3.63) is 23.8 Å². The predicted octanol–water partition coefficient (Wildman–Crippen LogP) is 2.63. The number of ether oxygens (including phenoxy) is 2. The normalized spacial score (nSPS) is 19.4. The molecular formula is C17H27ClN2O3. The van der Waals surface area contributed by atoms with E-state index in [9.17, 15) is 4.79 Å². The highest BCUT2D eigenvalue weighted by atomic mass is 35.5. The van der Waals surface area contributed by atoms with Gasteiger partial charge in [0.15, 0.2) is 11.5 Å². The second-order valence-electron chi connectivity index (χ2n) is 6.35. The first-order chi connectivity index (χ1) is 10.5. The molecule has 1 aromatic rings. The van der Waals surface area contributed by atoms with Gasteiger partial charge in [-0.25, -0.2) is 0 Å². The summed E-state index contributed by atoms with van der Waals surface area (Å²) in [5.74, 6) is 0.892. The standard InChI is InChI=1S/C17H26N2O3.ClH/c1-17(2)9-6-10-18-14(17)11-19-16(20)12-7-5-8-13(21-3)15(12)22-4;/h5,7-8,14,18H,6,9-11H2,1-4H3,(H,19,20);1H. The number of rotatable bonds is 5. The summed E-state index contributed by atoms with van der Waals surface area (Å²) in [5, 5.41) is 6.51. The highest BCUT2D eigenvalue weighted by Crippen LogP contribution is 2.31. The van der Waals surface area contributed by atoms with Crippen molar-refractivity contribution >= 4 is 18.3 Å². The molecule has 2 N–H and O–H groups in total. The Bertz CT molecular complexity index is 535. The van der Waals surface area contributed by atoms with Gasteiger partial charge in [0, 0.05) is 12.6 Å². The van der Waals surface area contributed by atoms with Crippen LogP contribution in [0.3, 0.4) is 0 Å². The number of nitrogens with one attached hydrogen (secondary N) is 2. The van der Waals surface area contributed by atoms with E-state index >= 15 is 0 Å². The van der Waals surface area contributed by atoms with E-state index < -0.39 is 0 Å². The van der Waals surface area contributed by atoms with Gasteiger partial charge in [0.1, 0.15) is 0 Å². The van der Waals surface area contributed by atoms with Crippen molar-refractivity contribution in [1.29, 1.82) is 0 Å². The molecule has 1 aromatic carbocycles. The number of piperidine rings is 1. The maximum absolute atomic E-state index is 12.5. The first kappa shape index (κ1) is 19.6. The third kappa shape index (κ3) is 4.52. The van der Waals surface area contributed by atoms with E-state index in [0.717, 1.165) is 6.54 Å². The van der Waals surface area contributed by atoms with E-state index in [1.807, 2.05) is 0 Å². The number of hydrogen-bond acceptors (Lipinski definition) is 4. The van der Waals surface area contributed by atoms with Crippen LogP contribution in [-0.2, 0) is 0 Å². The monoisotopic (exact) mass is 342 g/mol. The van der Waals surface area contributed by atoms with Crippen LogP contribution in [0.25, 0.3) is 0 Å². The fraction of sp³-hybridized carbons (Fsp3) is 0.588. The highest BCUT2D eigenvalue weighted by molar-refractivity contribution is 5.97. The van der Waals surface area contributed by atoms with Crippen LogP contribution in [0.5, 0.6) is 11.5 Å². The molecule has 1 unspecified atom stereocenters. The molecule has 0 saturated carbocycles. The summed E-state index contributed by atoms with van der Waals surface area (Å²) in [6.45, 7) is 6.09. The molecule has 0 bridgehead atoms. The zero-order chi connectivity index (χ0) is 16.2. The molecule has 0 aliphatic carbocycles. The van der Waals surface area contributed by atoms with E-state index in [0.29, 0.717) is 23.6 Å². The zero-order valence-corrected chi connectivity index (χ0v) is 15.1. The molecule has 1 heterocycles. The summed E-state index contributed by atoms with van der Waals surface area (Å²) < 4.78 is 10.6. The molecule has 0 spiro atoms. The third-order valence-corrected chi connectivity index (χ3v) is 4.45. The van der Waals surface area contributed by atoms with E-state index in [-0.39, 0.29) is 29.8 Å². The quantitative estimate of drug-likeness (QED) is 0.863. The van der Waals surface area contributed by atoms with Crippen LogP contribution in [0.4, 0.5) is 0 Å². The molecule has 0 radical (unpaired) electrons. The summed E-state index contributed by atoms with van der Waals surface area (Å²) in [5.41, 5.74) is 0.680. The zero-order valence-electron chi connectivity index (χ0n) is 14.3. The van der Waals surface area contributed by atoms with Gasteiger partial charge in [0.05, 0.1) is 19.8 Å². The van der Waals surface area contributed by atoms with E-state index in [1.165, 1.54) is 12.8 Å². The lowest BCUT2D eigenvalue weighted by Gasteiger charge is -2.39. The molecule has 6 heteroatoms.